The molecule has 2 aliphatic rings. The van der Waals surface area contributed by atoms with Crippen LogP contribution in [0.4, 0.5) is 10.5 Å². The van der Waals surface area contributed by atoms with E-state index in [2.05, 4.69) is 72.5 Å². The number of hydrogen-bond donors (Lipinski definition) is 1. The molecule has 1 atom stereocenters. The Morgan fingerprint density at radius 3 is 2.38 bits per heavy atom. The van der Waals surface area contributed by atoms with Gasteiger partial charge in [-0.3, -0.25) is 14.8 Å². The summed E-state index contributed by atoms with van der Waals surface area (Å²) in [5, 5.41) is 9.89. The number of hydrogen-bond acceptors (Lipinski definition) is 6. The van der Waals surface area contributed by atoms with Crippen molar-refractivity contribution in [1.82, 2.24) is 24.3 Å². The van der Waals surface area contributed by atoms with E-state index in [0.717, 1.165) is 45.9 Å². The van der Waals surface area contributed by atoms with E-state index in [-0.39, 0.29) is 22.5 Å². The highest BCUT2D eigenvalue weighted by atomic mass is 35.5. The topological polar surface area (TPSA) is 102 Å². The Kier molecular flexibility index (Phi) is 10.5. The van der Waals surface area contributed by atoms with Crippen molar-refractivity contribution < 1.29 is 9.59 Å². The van der Waals surface area contributed by atoms with Gasteiger partial charge in [0.05, 0.1) is 23.4 Å². The SMILES string of the molecule is Cc1nccn1CC1=Cc2cccnc2C(N2CCN(C(=O)N(CC(C)(C)CC(C)(C)[Si](C)(C)O)c3ccc(C#N)cc3)CC2)c2ccc(Cl)cc21. The fourth-order valence-electron chi connectivity index (χ4n) is 7.72. The maximum atomic E-state index is 14.6. The van der Waals surface area contributed by atoms with Crippen molar-refractivity contribution in [2.45, 2.75) is 71.8 Å². The third kappa shape index (κ3) is 7.88. The Balaban J connectivity index is 1.28. The minimum absolute atomic E-state index is 0.0537. The third-order valence-electron chi connectivity index (χ3n) is 11.0. The molecule has 6 rings (SSSR count). The first-order valence-corrected chi connectivity index (χ1v) is 21.4. The zero-order valence-electron chi connectivity index (χ0n) is 31.4. The van der Waals surface area contributed by atoms with E-state index >= 15 is 0 Å². The van der Waals surface area contributed by atoms with Gasteiger partial charge in [0.15, 0.2) is 8.32 Å². The number of rotatable bonds is 9. The molecular weight excluding hydrogens is 686 g/mol. The number of benzene rings is 2. The van der Waals surface area contributed by atoms with Crippen molar-refractivity contribution in [3.63, 3.8) is 0 Å². The molecule has 272 valence electrons. The summed E-state index contributed by atoms with van der Waals surface area (Å²) in [6, 6.07) is 19.5. The molecule has 1 unspecified atom stereocenters. The van der Waals surface area contributed by atoms with Crippen LogP contribution in [0.2, 0.25) is 23.2 Å². The Morgan fingerprint density at radius 1 is 1.04 bits per heavy atom. The molecule has 0 spiro atoms. The number of amides is 2. The Morgan fingerprint density at radius 2 is 1.75 bits per heavy atom. The number of carbonyl (C=O) groups is 1. The normalized spacial score (nSPS) is 16.7. The third-order valence-corrected chi connectivity index (χ3v) is 14.8. The lowest BCUT2D eigenvalue weighted by Gasteiger charge is -2.45. The summed E-state index contributed by atoms with van der Waals surface area (Å²) in [6.07, 6.45) is 8.68. The lowest BCUT2D eigenvalue weighted by molar-refractivity contribution is 0.120. The zero-order valence-corrected chi connectivity index (χ0v) is 33.2. The smallest absolute Gasteiger partial charge is 0.324 e. The predicted octanol–water partition coefficient (Wildman–Crippen LogP) is 8.39. The molecule has 1 aliphatic heterocycles. The van der Waals surface area contributed by atoms with E-state index in [4.69, 9.17) is 16.6 Å². The summed E-state index contributed by atoms with van der Waals surface area (Å²) in [6.45, 7) is 18.1. The van der Waals surface area contributed by atoms with Gasteiger partial charge in [-0.25, -0.2) is 9.78 Å². The van der Waals surface area contributed by atoms with E-state index in [0.29, 0.717) is 49.9 Å². The number of aryl methyl sites for hydroxylation is 1. The number of anilines is 1. The molecule has 1 N–H and O–H groups in total. The molecule has 2 amide bonds. The van der Waals surface area contributed by atoms with Gasteiger partial charge in [0.25, 0.3) is 0 Å². The van der Waals surface area contributed by atoms with Crippen LogP contribution in [-0.4, -0.2) is 76.2 Å². The molecule has 1 fully saturated rings. The van der Waals surface area contributed by atoms with Crippen LogP contribution in [0.3, 0.4) is 0 Å². The van der Waals surface area contributed by atoms with Gasteiger partial charge in [0.2, 0.25) is 0 Å². The van der Waals surface area contributed by atoms with E-state index < -0.39 is 8.32 Å². The first-order chi connectivity index (χ1) is 24.6. The highest BCUT2D eigenvalue weighted by Gasteiger charge is 2.43. The molecule has 3 heterocycles. The van der Waals surface area contributed by atoms with Crippen LogP contribution < -0.4 is 4.90 Å². The number of urea groups is 1. The summed E-state index contributed by atoms with van der Waals surface area (Å²) in [7, 11) is -2.48. The number of fused-ring (bicyclic) bond motifs is 2. The molecule has 2 aromatic carbocycles. The number of nitrogens with zero attached hydrogens (tertiary/aromatic N) is 7. The van der Waals surface area contributed by atoms with Gasteiger partial charge < -0.3 is 14.3 Å². The Bertz CT molecular complexity index is 2000. The second-order valence-electron chi connectivity index (χ2n) is 16.2. The summed E-state index contributed by atoms with van der Waals surface area (Å²) >= 11 is 6.66. The lowest BCUT2D eigenvalue weighted by Crippen LogP contribution is -2.55. The molecule has 2 aromatic heterocycles. The van der Waals surface area contributed by atoms with Crippen LogP contribution in [0.15, 0.2) is 73.2 Å². The number of pyridine rings is 1. The molecule has 0 bridgehead atoms. The largest absolute Gasteiger partial charge is 0.432 e. The van der Waals surface area contributed by atoms with E-state index in [9.17, 15) is 14.9 Å². The van der Waals surface area contributed by atoms with E-state index in [1.54, 1.807) is 12.1 Å². The summed E-state index contributed by atoms with van der Waals surface area (Å²) < 4.78 is 2.14. The molecule has 11 heteroatoms. The van der Waals surface area contributed by atoms with Crippen molar-refractivity contribution in [1.29, 1.82) is 5.26 Å². The van der Waals surface area contributed by atoms with Gasteiger partial charge in [0, 0.05) is 68.6 Å². The van der Waals surface area contributed by atoms with Gasteiger partial charge in [-0.1, -0.05) is 51.4 Å². The summed E-state index contributed by atoms with van der Waals surface area (Å²) in [5.41, 5.74) is 6.45. The summed E-state index contributed by atoms with van der Waals surface area (Å²) in [4.78, 5) is 41.3. The maximum Gasteiger partial charge on any atom is 0.324 e. The van der Waals surface area contributed by atoms with Gasteiger partial charge >= 0.3 is 6.03 Å². The Labute approximate surface area is 314 Å². The van der Waals surface area contributed by atoms with Crippen LogP contribution in [-0.2, 0) is 6.54 Å². The van der Waals surface area contributed by atoms with Crippen LogP contribution in [0.1, 0.15) is 73.9 Å². The standard InChI is InChI=1S/C41H50ClN7O2Si/c1-29-44-17-18-48(29)26-32-23-31-9-8-16-45-37(31)38(35-15-12-33(42)24-36(32)35)46-19-21-47(22-20-46)39(50)49(34-13-10-30(25-43)11-14-34)28-40(2,3)27-41(4,5)52(6,7)51/h8-18,23-24,38,51H,19-22,26-28H2,1-7H3. The van der Waals surface area contributed by atoms with Gasteiger partial charge in [0.1, 0.15) is 5.82 Å². The number of piperazine rings is 1. The molecule has 9 nitrogen and oxygen atoms in total. The average Bonchev–Trinajstić information content (AvgIpc) is 3.45. The van der Waals surface area contributed by atoms with Crippen molar-refractivity contribution in [3.05, 3.63) is 112 Å². The number of carbonyl (C=O) groups excluding carboxylic acids is 1. The first kappa shape index (κ1) is 37.5. The minimum Gasteiger partial charge on any atom is -0.432 e. The fourth-order valence-corrected chi connectivity index (χ4v) is 8.80. The quantitative estimate of drug-likeness (QED) is 0.173. The maximum absolute atomic E-state index is 14.6. The first-order valence-electron chi connectivity index (χ1n) is 18.0. The van der Waals surface area contributed by atoms with Gasteiger partial charge in [-0.05, 0) is 108 Å². The second-order valence-corrected chi connectivity index (χ2v) is 21.1. The van der Waals surface area contributed by atoms with Crippen LogP contribution in [0.5, 0.6) is 0 Å². The number of nitriles is 1. The lowest BCUT2D eigenvalue weighted by atomic mass is 9.82. The van der Waals surface area contributed by atoms with Crippen molar-refractivity contribution in [2.75, 3.05) is 37.6 Å². The van der Waals surface area contributed by atoms with Crippen LogP contribution >= 0.6 is 11.6 Å². The summed E-state index contributed by atoms with van der Waals surface area (Å²) in [5.74, 6) is 0.943. The van der Waals surface area contributed by atoms with Crippen LogP contribution in [0.25, 0.3) is 11.6 Å². The predicted molar refractivity (Wildman–Crippen MR) is 212 cm³/mol. The van der Waals surface area contributed by atoms with Gasteiger partial charge in [-0.15, -0.1) is 0 Å². The number of imidazole rings is 1. The van der Waals surface area contributed by atoms with Gasteiger partial charge in [-0.2, -0.15) is 5.26 Å². The molecule has 1 saturated heterocycles. The number of aromatic nitrogens is 3. The monoisotopic (exact) mass is 735 g/mol. The number of allylic oxidation sites excluding steroid dienone is 1. The van der Waals surface area contributed by atoms with Crippen LogP contribution in [0, 0.1) is 23.7 Å². The van der Waals surface area contributed by atoms with E-state index in [1.807, 2.05) is 72.7 Å². The molecule has 52 heavy (non-hydrogen) atoms. The van der Waals surface area contributed by atoms with E-state index in [1.165, 1.54) is 0 Å². The molecule has 4 aromatic rings. The highest BCUT2D eigenvalue weighted by Crippen LogP contribution is 2.46. The fraction of sp³-hybridized carbons (Fsp3) is 0.415. The van der Waals surface area contributed by atoms with Crippen molar-refractivity contribution >= 4 is 43.3 Å². The molecule has 0 radical (unpaired) electrons. The average molecular weight is 736 g/mol. The highest BCUT2D eigenvalue weighted by molar-refractivity contribution is 6.72. The molecule has 1 aliphatic carbocycles. The van der Waals surface area contributed by atoms with Crippen molar-refractivity contribution in [2.24, 2.45) is 5.41 Å². The minimum atomic E-state index is -2.48. The Hall–Kier alpha value is -4.27. The molecule has 0 saturated carbocycles. The molecular formula is C41H50ClN7O2Si. The zero-order chi connectivity index (χ0) is 37.4. The van der Waals surface area contributed by atoms with Crippen molar-refractivity contribution in [3.8, 4) is 6.07 Å². The second kappa shape index (κ2) is 14.6. The number of halogens is 1.